The van der Waals surface area contributed by atoms with Gasteiger partial charge in [0.15, 0.2) is 0 Å². The summed E-state index contributed by atoms with van der Waals surface area (Å²) in [4.78, 5) is 22.3. The van der Waals surface area contributed by atoms with E-state index in [1.54, 1.807) is 12.1 Å². The Balaban J connectivity index is 2.49. The summed E-state index contributed by atoms with van der Waals surface area (Å²) >= 11 is 0. The molecule has 74 valence electrons. The first kappa shape index (κ1) is 9.98. The van der Waals surface area contributed by atoms with E-state index in [1.807, 2.05) is 0 Å². The molecule has 0 spiro atoms. The highest BCUT2D eigenvalue weighted by molar-refractivity contribution is 6.01. The van der Waals surface area contributed by atoms with Gasteiger partial charge in [-0.3, -0.25) is 4.79 Å². The van der Waals surface area contributed by atoms with E-state index in [9.17, 15) is 9.59 Å². The van der Waals surface area contributed by atoms with Crippen molar-refractivity contribution in [2.75, 3.05) is 20.1 Å². The maximum absolute atomic E-state index is 11.2. The first-order chi connectivity index (χ1) is 6.16. The lowest BCUT2D eigenvalue weighted by atomic mass is 10.3. The van der Waals surface area contributed by atoms with Gasteiger partial charge in [-0.15, -0.1) is 0 Å². The van der Waals surface area contributed by atoms with Gasteiger partial charge >= 0.3 is 6.03 Å². The molecular formula is C8H15N3O2. The third-order valence-corrected chi connectivity index (χ3v) is 2.00. The highest BCUT2D eigenvalue weighted by Crippen LogP contribution is 2.04. The van der Waals surface area contributed by atoms with E-state index >= 15 is 0 Å². The quantitative estimate of drug-likeness (QED) is 0.636. The molecule has 0 aromatic carbocycles. The molecule has 0 saturated carbocycles. The van der Waals surface area contributed by atoms with Crippen molar-refractivity contribution in [2.45, 2.75) is 19.8 Å². The van der Waals surface area contributed by atoms with E-state index in [4.69, 9.17) is 0 Å². The predicted molar refractivity (Wildman–Crippen MR) is 47.8 cm³/mol. The number of amides is 3. The molecule has 0 aliphatic carbocycles. The molecule has 0 unspecified atom stereocenters. The van der Waals surface area contributed by atoms with E-state index in [1.165, 1.54) is 0 Å². The molecule has 1 heterocycles. The Bertz CT molecular complexity index is 201. The van der Waals surface area contributed by atoms with Crippen molar-refractivity contribution in [1.29, 1.82) is 0 Å². The predicted octanol–water partition coefficient (Wildman–Crippen LogP) is 0.185. The van der Waals surface area contributed by atoms with Crippen molar-refractivity contribution in [3.63, 3.8) is 0 Å². The Morgan fingerprint density at radius 1 is 1.54 bits per heavy atom. The Morgan fingerprint density at radius 2 is 2.23 bits per heavy atom. The van der Waals surface area contributed by atoms with Crippen LogP contribution in [0.4, 0.5) is 4.79 Å². The second-order valence-corrected chi connectivity index (χ2v) is 3.10. The number of carbonyl (C=O) groups excluding carboxylic acids is 2. The van der Waals surface area contributed by atoms with Crippen molar-refractivity contribution in [1.82, 2.24) is 15.3 Å². The minimum absolute atomic E-state index is 0.120. The lowest BCUT2D eigenvalue weighted by Crippen LogP contribution is -2.44. The van der Waals surface area contributed by atoms with Crippen LogP contribution in [0.2, 0.25) is 0 Å². The van der Waals surface area contributed by atoms with Crippen LogP contribution in [0.15, 0.2) is 0 Å². The number of hydrogen-bond acceptors (Lipinski definition) is 3. The fourth-order valence-corrected chi connectivity index (χ4v) is 1.25. The summed E-state index contributed by atoms with van der Waals surface area (Å²) in [5, 5.41) is 5.30. The maximum Gasteiger partial charge on any atom is 0.339 e. The molecule has 13 heavy (non-hydrogen) atoms. The lowest BCUT2D eigenvalue weighted by molar-refractivity contribution is -0.135. The molecule has 1 saturated heterocycles. The smallest absolute Gasteiger partial charge is 0.327 e. The monoisotopic (exact) mass is 185 g/mol. The SMILES string of the molecule is CCCCN(C)N1C(=O)CNC1=O. The number of urea groups is 1. The van der Waals surface area contributed by atoms with Gasteiger partial charge in [0.05, 0.1) is 0 Å². The van der Waals surface area contributed by atoms with Gasteiger partial charge in [-0.25, -0.2) is 9.80 Å². The van der Waals surface area contributed by atoms with Crippen LogP contribution in [0.5, 0.6) is 0 Å². The van der Waals surface area contributed by atoms with Crippen LogP contribution in [0.3, 0.4) is 0 Å². The number of nitrogens with zero attached hydrogens (tertiary/aromatic N) is 2. The maximum atomic E-state index is 11.2. The Hall–Kier alpha value is -1.10. The minimum atomic E-state index is -0.316. The lowest BCUT2D eigenvalue weighted by Gasteiger charge is -2.24. The van der Waals surface area contributed by atoms with E-state index in [0.29, 0.717) is 0 Å². The summed E-state index contributed by atoms with van der Waals surface area (Å²) in [6.45, 7) is 2.92. The van der Waals surface area contributed by atoms with Gasteiger partial charge in [-0.05, 0) is 6.42 Å². The summed E-state index contributed by atoms with van der Waals surface area (Å²) in [5.41, 5.74) is 0. The van der Waals surface area contributed by atoms with Crippen molar-refractivity contribution in [3.05, 3.63) is 0 Å². The van der Waals surface area contributed by atoms with Crippen molar-refractivity contribution >= 4 is 11.9 Å². The van der Waals surface area contributed by atoms with Crippen LogP contribution < -0.4 is 5.32 Å². The molecule has 1 aliphatic heterocycles. The first-order valence-electron chi connectivity index (χ1n) is 4.48. The van der Waals surface area contributed by atoms with Crippen molar-refractivity contribution in [3.8, 4) is 0 Å². The number of nitrogens with one attached hydrogen (secondary N) is 1. The fourth-order valence-electron chi connectivity index (χ4n) is 1.25. The highest BCUT2D eigenvalue weighted by atomic mass is 16.2. The molecule has 0 aromatic rings. The number of unbranched alkanes of at least 4 members (excludes halogenated alkanes) is 1. The van der Waals surface area contributed by atoms with Crippen LogP contribution in [0.25, 0.3) is 0 Å². The zero-order chi connectivity index (χ0) is 9.84. The minimum Gasteiger partial charge on any atom is -0.327 e. The number of carbonyl (C=O) groups is 2. The second-order valence-electron chi connectivity index (χ2n) is 3.10. The van der Waals surface area contributed by atoms with Crippen LogP contribution in [-0.2, 0) is 4.79 Å². The van der Waals surface area contributed by atoms with Crippen molar-refractivity contribution < 1.29 is 9.59 Å². The molecule has 1 fully saturated rings. The molecule has 5 heteroatoms. The third kappa shape index (κ3) is 2.18. The molecule has 1 rings (SSSR count). The summed E-state index contributed by atoms with van der Waals surface area (Å²) in [7, 11) is 1.75. The second kappa shape index (κ2) is 4.23. The molecule has 0 aromatic heterocycles. The van der Waals surface area contributed by atoms with Gasteiger partial charge in [0.1, 0.15) is 6.54 Å². The number of rotatable bonds is 4. The van der Waals surface area contributed by atoms with E-state index < -0.39 is 0 Å². The van der Waals surface area contributed by atoms with Crippen LogP contribution in [0, 0.1) is 0 Å². The summed E-state index contributed by atoms with van der Waals surface area (Å²) in [6, 6.07) is -0.316. The number of hydrogen-bond donors (Lipinski definition) is 1. The third-order valence-electron chi connectivity index (χ3n) is 2.00. The molecule has 0 atom stereocenters. The topological polar surface area (TPSA) is 52.6 Å². The fraction of sp³-hybridized carbons (Fsp3) is 0.750. The molecule has 1 aliphatic rings. The summed E-state index contributed by atoms with van der Waals surface area (Å²) in [6.07, 6.45) is 2.03. The average Bonchev–Trinajstić information content (AvgIpc) is 2.42. The molecule has 0 radical (unpaired) electrons. The Kier molecular flexibility index (Phi) is 3.25. The molecule has 1 N–H and O–H groups in total. The van der Waals surface area contributed by atoms with Gasteiger partial charge in [-0.2, -0.15) is 5.01 Å². The number of hydrazine groups is 1. The van der Waals surface area contributed by atoms with E-state index in [2.05, 4.69) is 12.2 Å². The first-order valence-corrected chi connectivity index (χ1v) is 4.48. The van der Waals surface area contributed by atoms with Crippen LogP contribution in [0.1, 0.15) is 19.8 Å². The molecule has 3 amide bonds. The average molecular weight is 185 g/mol. The normalized spacial score (nSPS) is 17.0. The standard InChI is InChI=1S/C8H15N3O2/c1-3-4-5-10(2)11-7(12)6-9-8(11)13/h3-6H2,1-2H3,(H,9,13). The van der Waals surface area contributed by atoms with Gasteiger partial charge in [0, 0.05) is 13.6 Å². The molecular weight excluding hydrogens is 170 g/mol. The molecule has 5 nitrogen and oxygen atoms in total. The van der Waals surface area contributed by atoms with Gasteiger partial charge in [0.25, 0.3) is 5.91 Å². The largest absolute Gasteiger partial charge is 0.339 e. The highest BCUT2D eigenvalue weighted by Gasteiger charge is 2.31. The van der Waals surface area contributed by atoms with Gasteiger partial charge < -0.3 is 5.32 Å². The molecule has 0 bridgehead atoms. The Morgan fingerprint density at radius 3 is 2.69 bits per heavy atom. The zero-order valence-electron chi connectivity index (χ0n) is 8.04. The van der Waals surface area contributed by atoms with E-state index in [0.717, 1.165) is 24.4 Å². The zero-order valence-corrected chi connectivity index (χ0v) is 8.04. The summed E-state index contributed by atoms with van der Waals surface area (Å²) in [5.74, 6) is -0.177. The Labute approximate surface area is 77.7 Å². The van der Waals surface area contributed by atoms with Gasteiger partial charge in [0.2, 0.25) is 0 Å². The van der Waals surface area contributed by atoms with E-state index in [-0.39, 0.29) is 18.5 Å². The van der Waals surface area contributed by atoms with Crippen molar-refractivity contribution in [2.24, 2.45) is 0 Å². The summed E-state index contributed by atoms with van der Waals surface area (Å²) < 4.78 is 0. The number of imide groups is 1. The van der Waals surface area contributed by atoms with Crippen LogP contribution in [-0.4, -0.2) is 42.1 Å². The van der Waals surface area contributed by atoms with Crippen LogP contribution >= 0.6 is 0 Å². The van der Waals surface area contributed by atoms with Gasteiger partial charge in [-0.1, -0.05) is 13.3 Å².